The summed E-state index contributed by atoms with van der Waals surface area (Å²) >= 11 is 0. The van der Waals surface area contributed by atoms with Crippen LogP contribution in [0.25, 0.3) is 21.7 Å². The fourth-order valence-corrected chi connectivity index (χ4v) is 3.30. The highest BCUT2D eigenvalue weighted by Crippen LogP contribution is 2.26. The van der Waals surface area contributed by atoms with Crippen LogP contribution >= 0.6 is 24.8 Å². The van der Waals surface area contributed by atoms with Crippen LogP contribution in [0.5, 0.6) is 0 Å². The molecular formula is C21H23Cl2N5. The smallest absolute Gasteiger partial charge is 0.140 e. The monoisotopic (exact) mass is 415 g/mol. The maximum absolute atomic E-state index is 5.72. The van der Waals surface area contributed by atoms with E-state index in [1.807, 2.05) is 30.6 Å². The summed E-state index contributed by atoms with van der Waals surface area (Å²) in [6.45, 7) is 1.29. The van der Waals surface area contributed by atoms with Gasteiger partial charge in [-0.25, -0.2) is 9.97 Å². The van der Waals surface area contributed by atoms with Crippen LogP contribution in [0.4, 0.5) is 5.82 Å². The Hall–Kier alpha value is -2.47. The molecule has 4 rings (SSSR count). The molecule has 0 aliphatic carbocycles. The highest BCUT2D eigenvalue weighted by atomic mass is 35.5. The van der Waals surface area contributed by atoms with E-state index in [9.17, 15) is 0 Å². The Morgan fingerprint density at radius 3 is 2.57 bits per heavy atom. The summed E-state index contributed by atoms with van der Waals surface area (Å²) in [4.78, 5) is 15.8. The first-order chi connectivity index (χ1) is 12.8. The van der Waals surface area contributed by atoms with Gasteiger partial charge in [-0.1, -0.05) is 30.3 Å². The molecule has 0 aliphatic rings. The minimum Gasteiger partial charge on any atom is -0.355 e. The first-order valence-electron chi connectivity index (χ1n) is 8.75. The largest absolute Gasteiger partial charge is 0.355 e. The molecular weight excluding hydrogens is 393 g/mol. The van der Waals surface area contributed by atoms with Crippen molar-refractivity contribution >= 4 is 52.3 Å². The average Bonchev–Trinajstić information content (AvgIpc) is 2.68. The van der Waals surface area contributed by atoms with Gasteiger partial charge in [0.15, 0.2) is 0 Å². The van der Waals surface area contributed by atoms with Crippen molar-refractivity contribution in [2.45, 2.75) is 13.0 Å². The third-order valence-electron chi connectivity index (χ3n) is 4.54. The molecule has 0 saturated carbocycles. The van der Waals surface area contributed by atoms with Crippen molar-refractivity contribution in [2.75, 3.05) is 18.5 Å². The second-order valence-electron chi connectivity index (χ2n) is 6.39. The number of para-hydroxylation sites is 1. The molecule has 7 heteroatoms. The van der Waals surface area contributed by atoms with Gasteiger partial charge < -0.3 is 10.6 Å². The number of pyridine rings is 1. The molecule has 2 aromatic carbocycles. The molecule has 0 aliphatic heterocycles. The zero-order valence-electron chi connectivity index (χ0n) is 15.6. The van der Waals surface area contributed by atoms with E-state index >= 15 is 0 Å². The Morgan fingerprint density at radius 2 is 1.75 bits per heavy atom. The van der Waals surface area contributed by atoms with E-state index in [4.69, 9.17) is 10.7 Å². The second-order valence-corrected chi connectivity index (χ2v) is 6.39. The number of fused-ring (bicyclic) bond motifs is 2. The molecule has 2 heterocycles. The number of rotatable bonds is 5. The molecule has 2 N–H and O–H groups in total. The Bertz CT molecular complexity index is 1070. The van der Waals surface area contributed by atoms with E-state index in [2.05, 4.69) is 52.2 Å². The SMILES string of the molecule is CN(Cc1cccc2cnccc12)c1nc(CCN)nc2ccccc12.Cl.Cl. The lowest BCUT2D eigenvalue weighted by atomic mass is 10.1. The van der Waals surface area contributed by atoms with E-state index in [1.54, 1.807) is 0 Å². The van der Waals surface area contributed by atoms with Crippen molar-refractivity contribution in [1.29, 1.82) is 0 Å². The van der Waals surface area contributed by atoms with Crippen molar-refractivity contribution < 1.29 is 0 Å². The van der Waals surface area contributed by atoms with Crippen molar-refractivity contribution in [3.05, 3.63) is 72.3 Å². The summed E-state index contributed by atoms with van der Waals surface area (Å²) in [6.07, 6.45) is 4.41. The van der Waals surface area contributed by atoms with E-state index in [-0.39, 0.29) is 24.8 Å². The average molecular weight is 416 g/mol. The summed E-state index contributed by atoms with van der Waals surface area (Å²) < 4.78 is 0. The molecule has 0 saturated heterocycles. The highest BCUT2D eigenvalue weighted by Gasteiger charge is 2.13. The molecule has 0 bridgehead atoms. The molecule has 2 aromatic heterocycles. The maximum atomic E-state index is 5.72. The normalized spacial score (nSPS) is 10.4. The number of nitrogens with two attached hydrogens (primary N) is 1. The predicted molar refractivity (Wildman–Crippen MR) is 121 cm³/mol. The minimum absolute atomic E-state index is 0. The molecule has 0 radical (unpaired) electrons. The van der Waals surface area contributed by atoms with Crippen molar-refractivity contribution in [3.8, 4) is 0 Å². The van der Waals surface area contributed by atoms with Crippen molar-refractivity contribution in [1.82, 2.24) is 15.0 Å². The quantitative estimate of drug-likeness (QED) is 0.529. The minimum atomic E-state index is 0. The molecule has 5 nitrogen and oxygen atoms in total. The Kier molecular flexibility index (Phi) is 7.52. The van der Waals surface area contributed by atoms with Gasteiger partial charge in [-0.3, -0.25) is 4.98 Å². The van der Waals surface area contributed by atoms with Crippen LogP contribution in [-0.2, 0) is 13.0 Å². The van der Waals surface area contributed by atoms with Crippen molar-refractivity contribution in [2.24, 2.45) is 5.73 Å². The molecule has 146 valence electrons. The van der Waals surface area contributed by atoms with Crippen LogP contribution in [-0.4, -0.2) is 28.5 Å². The number of hydrogen-bond acceptors (Lipinski definition) is 5. The lowest BCUT2D eigenvalue weighted by Crippen LogP contribution is -2.20. The van der Waals surface area contributed by atoms with Gasteiger partial charge in [-0.15, -0.1) is 24.8 Å². The topological polar surface area (TPSA) is 67.9 Å². The van der Waals surface area contributed by atoms with Gasteiger partial charge >= 0.3 is 0 Å². The Labute approximate surface area is 176 Å². The summed E-state index contributed by atoms with van der Waals surface area (Å²) in [5.74, 6) is 1.72. The van der Waals surface area contributed by atoms with Crippen LogP contribution in [0.15, 0.2) is 60.9 Å². The van der Waals surface area contributed by atoms with E-state index in [0.29, 0.717) is 13.0 Å². The summed E-state index contributed by atoms with van der Waals surface area (Å²) in [5.41, 5.74) is 7.92. The summed E-state index contributed by atoms with van der Waals surface area (Å²) in [7, 11) is 2.07. The van der Waals surface area contributed by atoms with E-state index in [1.165, 1.54) is 10.9 Å². The summed E-state index contributed by atoms with van der Waals surface area (Å²) in [6, 6.07) is 16.5. The van der Waals surface area contributed by atoms with Crippen LogP contribution < -0.4 is 10.6 Å². The van der Waals surface area contributed by atoms with Gasteiger partial charge in [-0.05, 0) is 35.7 Å². The molecule has 0 atom stereocenters. The third-order valence-corrected chi connectivity index (χ3v) is 4.54. The number of aromatic nitrogens is 3. The van der Waals surface area contributed by atoms with E-state index < -0.39 is 0 Å². The van der Waals surface area contributed by atoms with Crippen LogP contribution in [0.2, 0.25) is 0 Å². The summed E-state index contributed by atoms with van der Waals surface area (Å²) in [5, 5.41) is 3.42. The number of nitrogens with zero attached hydrogens (tertiary/aromatic N) is 4. The molecule has 0 amide bonds. The number of halogens is 2. The van der Waals surface area contributed by atoms with Crippen molar-refractivity contribution in [3.63, 3.8) is 0 Å². The second kappa shape index (κ2) is 9.64. The highest BCUT2D eigenvalue weighted by molar-refractivity contribution is 5.90. The fourth-order valence-electron chi connectivity index (χ4n) is 3.30. The van der Waals surface area contributed by atoms with Gasteiger partial charge in [0, 0.05) is 43.2 Å². The first kappa shape index (κ1) is 21.8. The number of hydrogen-bond donors (Lipinski definition) is 1. The standard InChI is InChI=1S/C21H21N5.2ClH/c1-26(14-16-6-4-5-15-13-23-12-10-17(15)16)21-18-7-2-3-8-19(18)24-20(25-21)9-11-22;;/h2-8,10,12-13H,9,11,14,22H2,1H3;2*1H. The molecule has 0 fully saturated rings. The van der Waals surface area contributed by atoms with E-state index in [0.717, 1.165) is 34.5 Å². The fraction of sp³-hybridized carbons (Fsp3) is 0.190. The maximum Gasteiger partial charge on any atom is 0.140 e. The van der Waals surface area contributed by atoms with Gasteiger partial charge in [0.25, 0.3) is 0 Å². The number of anilines is 1. The Morgan fingerprint density at radius 1 is 0.929 bits per heavy atom. The van der Waals surface area contributed by atoms with Gasteiger partial charge in [0.1, 0.15) is 11.6 Å². The van der Waals surface area contributed by atoms with Crippen LogP contribution in [0.1, 0.15) is 11.4 Å². The number of benzene rings is 2. The molecule has 0 spiro atoms. The Balaban J connectivity index is 0.00000140. The zero-order chi connectivity index (χ0) is 17.9. The predicted octanol–water partition coefficient (Wildman–Crippen LogP) is 4.16. The lowest BCUT2D eigenvalue weighted by molar-refractivity contribution is 0.847. The van der Waals surface area contributed by atoms with Gasteiger partial charge in [-0.2, -0.15) is 0 Å². The van der Waals surface area contributed by atoms with Crippen LogP contribution in [0.3, 0.4) is 0 Å². The van der Waals surface area contributed by atoms with Gasteiger partial charge in [0.05, 0.1) is 5.52 Å². The molecule has 4 aromatic rings. The third kappa shape index (κ3) is 4.33. The first-order valence-corrected chi connectivity index (χ1v) is 8.75. The molecule has 0 unspecified atom stereocenters. The lowest BCUT2D eigenvalue weighted by Gasteiger charge is -2.21. The van der Waals surface area contributed by atoms with Crippen LogP contribution in [0, 0.1) is 0 Å². The van der Waals surface area contributed by atoms with Gasteiger partial charge in [0.2, 0.25) is 0 Å². The molecule has 28 heavy (non-hydrogen) atoms. The zero-order valence-corrected chi connectivity index (χ0v) is 17.2.